The Balaban J connectivity index is 1.65. The fourth-order valence-electron chi connectivity index (χ4n) is 5.84. The molecule has 5 rings (SSSR count). The van der Waals surface area contributed by atoms with Crippen LogP contribution in [0.4, 0.5) is 5.69 Å². The van der Waals surface area contributed by atoms with Crippen molar-refractivity contribution in [2.45, 2.75) is 18.8 Å². The number of aryl methyl sites for hydroxylation is 1. The summed E-state index contributed by atoms with van der Waals surface area (Å²) in [6.45, 7) is 6.01. The Labute approximate surface area is 234 Å². The van der Waals surface area contributed by atoms with Crippen LogP contribution in [0.2, 0.25) is 0 Å². The van der Waals surface area contributed by atoms with Gasteiger partial charge in [-0.3, -0.25) is 15.0 Å². The van der Waals surface area contributed by atoms with E-state index in [0.29, 0.717) is 17.7 Å². The number of anilines is 1. The van der Waals surface area contributed by atoms with Crippen LogP contribution in [0.1, 0.15) is 23.1 Å². The van der Waals surface area contributed by atoms with Crippen LogP contribution in [0.15, 0.2) is 97.1 Å². The van der Waals surface area contributed by atoms with Crippen LogP contribution in [-0.2, 0) is 15.0 Å². The van der Waals surface area contributed by atoms with Gasteiger partial charge in [-0.25, -0.2) is 0 Å². The lowest BCUT2D eigenvalue weighted by Crippen LogP contribution is -2.49. The van der Waals surface area contributed by atoms with E-state index in [0.717, 1.165) is 16.7 Å². The van der Waals surface area contributed by atoms with E-state index in [2.05, 4.69) is 12.0 Å². The molecule has 0 aromatic heterocycles. The second kappa shape index (κ2) is 10.8. The van der Waals surface area contributed by atoms with Crippen molar-refractivity contribution in [3.8, 4) is 17.2 Å². The summed E-state index contributed by atoms with van der Waals surface area (Å²) in [4.78, 5) is 28.5. The van der Waals surface area contributed by atoms with Crippen molar-refractivity contribution in [2.75, 3.05) is 19.6 Å². The van der Waals surface area contributed by atoms with Crippen LogP contribution < -0.4 is 14.9 Å². The van der Waals surface area contributed by atoms with E-state index >= 15 is 0 Å². The van der Waals surface area contributed by atoms with Crippen molar-refractivity contribution in [1.82, 2.24) is 5.01 Å². The molecule has 0 spiro atoms. The second-order valence-corrected chi connectivity index (χ2v) is 10.00. The number of carbonyl (C=O) groups is 2. The largest absolute Gasteiger partial charge is 0.502 e. The summed E-state index contributed by atoms with van der Waals surface area (Å²) in [6, 6.07) is 20.4. The van der Waals surface area contributed by atoms with Gasteiger partial charge in [-0.15, -0.1) is 0 Å². The van der Waals surface area contributed by atoms with E-state index in [4.69, 9.17) is 9.47 Å². The molecule has 3 aromatic carbocycles. The van der Waals surface area contributed by atoms with Gasteiger partial charge in [0.25, 0.3) is 11.8 Å². The number of benzene rings is 3. The second-order valence-electron chi connectivity index (χ2n) is 10.00. The third-order valence-corrected chi connectivity index (χ3v) is 7.83. The van der Waals surface area contributed by atoms with E-state index in [1.54, 1.807) is 18.2 Å². The molecule has 2 aliphatic rings. The van der Waals surface area contributed by atoms with Crippen LogP contribution in [0.3, 0.4) is 0 Å². The lowest BCUT2D eigenvalue weighted by molar-refractivity contribution is -0.138. The van der Waals surface area contributed by atoms with Gasteiger partial charge in [0.05, 0.1) is 31.2 Å². The molecule has 3 aromatic rings. The Morgan fingerprint density at radius 1 is 1.02 bits per heavy atom. The van der Waals surface area contributed by atoms with E-state index in [9.17, 15) is 14.7 Å². The molecule has 0 radical (unpaired) electrons. The van der Waals surface area contributed by atoms with E-state index in [1.165, 1.54) is 19.2 Å². The van der Waals surface area contributed by atoms with Crippen LogP contribution in [0.5, 0.6) is 17.2 Å². The SMILES string of the molecule is C=CC1=CCC2C(=O)N(Nc3ccc(C)cc3)C(=O)C2(c2ccccc2)C1C=Cc1cc(OC)c(O)c(OC)c1. The monoisotopic (exact) mass is 536 g/mol. The highest BCUT2D eigenvalue weighted by atomic mass is 16.5. The molecular formula is C33H32N2O5. The van der Waals surface area contributed by atoms with Gasteiger partial charge in [-0.05, 0) is 54.3 Å². The first-order valence-corrected chi connectivity index (χ1v) is 13.1. The van der Waals surface area contributed by atoms with Gasteiger partial charge in [0, 0.05) is 5.92 Å². The highest BCUT2D eigenvalue weighted by Crippen LogP contribution is 2.54. The Morgan fingerprint density at radius 2 is 1.68 bits per heavy atom. The van der Waals surface area contributed by atoms with Gasteiger partial charge < -0.3 is 14.6 Å². The number of imide groups is 1. The van der Waals surface area contributed by atoms with Crippen molar-refractivity contribution < 1.29 is 24.2 Å². The van der Waals surface area contributed by atoms with Crippen LogP contribution in [0.25, 0.3) is 6.08 Å². The number of amides is 2. The number of phenols is 1. The van der Waals surface area contributed by atoms with Gasteiger partial charge in [0.2, 0.25) is 5.75 Å². The molecule has 1 saturated heterocycles. The highest BCUT2D eigenvalue weighted by molar-refractivity contribution is 6.12. The fourth-order valence-corrected chi connectivity index (χ4v) is 5.84. The number of methoxy groups -OCH3 is 2. The molecule has 0 bridgehead atoms. The molecule has 1 aliphatic carbocycles. The lowest BCUT2D eigenvalue weighted by Gasteiger charge is -2.41. The number of rotatable bonds is 8. The number of hydrogen-bond donors (Lipinski definition) is 2. The van der Waals surface area contributed by atoms with E-state index < -0.39 is 17.3 Å². The summed E-state index contributed by atoms with van der Waals surface area (Å²) in [5.74, 6) is -1.29. The smallest absolute Gasteiger partial charge is 0.260 e. The minimum atomic E-state index is -1.20. The molecular weight excluding hydrogens is 504 g/mol. The van der Waals surface area contributed by atoms with Crippen molar-refractivity contribution >= 4 is 23.6 Å². The first-order valence-electron chi connectivity index (χ1n) is 13.1. The summed E-state index contributed by atoms with van der Waals surface area (Å²) in [7, 11) is 2.93. The quantitative estimate of drug-likeness (QED) is 0.353. The number of ether oxygens (including phenoxy) is 2. The predicted molar refractivity (Wildman–Crippen MR) is 155 cm³/mol. The Kier molecular flexibility index (Phi) is 7.22. The molecule has 1 heterocycles. The molecule has 7 heteroatoms. The molecule has 0 saturated carbocycles. The average Bonchev–Trinajstić information content (AvgIpc) is 3.20. The number of nitrogens with one attached hydrogen (secondary N) is 1. The summed E-state index contributed by atoms with van der Waals surface area (Å²) in [5.41, 5.74) is 5.93. The zero-order chi connectivity index (χ0) is 28.4. The van der Waals surface area contributed by atoms with Gasteiger partial charge >= 0.3 is 0 Å². The molecule has 2 amide bonds. The molecule has 3 atom stereocenters. The standard InChI is InChI=1S/C33H32N2O5/c1-5-23-14-18-27-31(37)35(34-25-15-11-21(2)12-16-25)32(38)33(27,24-9-7-6-8-10-24)26(23)17-13-22-19-28(39-3)30(36)29(20-22)40-4/h5-17,19-20,26-27,34,36H,1,18H2,2-4H3. The topological polar surface area (TPSA) is 88.1 Å². The summed E-state index contributed by atoms with van der Waals surface area (Å²) in [6.07, 6.45) is 7.93. The maximum atomic E-state index is 14.5. The van der Waals surface area contributed by atoms with Crippen molar-refractivity contribution in [1.29, 1.82) is 0 Å². The molecule has 7 nitrogen and oxygen atoms in total. The van der Waals surface area contributed by atoms with E-state index in [1.807, 2.05) is 79.7 Å². The average molecular weight is 537 g/mol. The lowest BCUT2D eigenvalue weighted by atomic mass is 9.57. The van der Waals surface area contributed by atoms with Gasteiger partial charge in [-0.2, -0.15) is 5.01 Å². The Hall–Kier alpha value is -4.78. The highest BCUT2D eigenvalue weighted by Gasteiger charge is 2.64. The number of nitrogens with zero attached hydrogens (tertiary/aromatic N) is 1. The molecule has 1 fully saturated rings. The summed E-state index contributed by atoms with van der Waals surface area (Å²) in [5, 5.41) is 11.5. The van der Waals surface area contributed by atoms with Crippen LogP contribution in [0, 0.1) is 18.8 Å². The fraction of sp³-hybridized carbons (Fsp3) is 0.212. The van der Waals surface area contributed by atoms with Gasteiger partial charge in [-0.1, -0.05) is 78.9 Å². The van der Waals surface area contributed by atoms with Gasteiger partial charge in [0.1, 0.15) is 0 Å². The van der Waals surface area contributed by atoms with Crippen LogP contribution in [-0.4, -0.2) is 36.1 Å². The summed E-state index contributed by atoms with van der Waals surface area (Å²) >= 11 is 0. The number of hydrogen-bond acceptors (Lipinski definition) is 6. The minimum absolute atomic E-state index is 0.0956. The van der Waals surface area contributed by atoms with Crippen molar-refractivity contribution in [3.63, 3.8) is 0 Å². The van der Waals surface area contributed by atoms with Crippen molar-refractivity contribution in [2.24, 2.45) is 11.8 Å². The zero-order valence-electron chi connectivity index (χ0n) is 22.8. The number of hydrazine groups is 1. The summed E-state index contributed by atoms with van der Waals surface area (Å²) < 4.78 is 10.6. The van der Waals surface area contributed by atoms with Gasteiger partial charge in [0.15, 0.2) is 11.5 Å². The van der Waals surface area contributed by atoms with E-state index in [-0.39, 0.29) is 29.1 Å². The number of carbonyl (C=O) groups excluding carboxylic acids is 2. The first-order chi connectivity index (χ1) is 19.3. The normalized spacial score (nSPS) is 22.2. The Bertz CT molecular complexity index is 1480. The first kappa shape index (κ1) is 26.8. The minimum Gasteiger partial charge on any atom is -0.502 e. The zero-order valence-corrected chi connectivity index (χ0v) is 22.8. The van der Waals surface area contributed by atoms with Crippen LogP contribution >= 0.6 is 0 Å². The maximum Gasteiger partial charge on any atom is 0.260 e. The third kappa shape index (κ3) is 4.33. The molecule has 40 heavy (non-hydrogen) atoms. The number of aromatic hydroxyl groups is 1. The molecule has 3 unspecified atom stereocenters. The molecule has 2 N–H and O–H groups in total. The third-order valence-electron chi connectivity index (χ3n) is 7.83. The predicted octanol–water partition coefficient (Wildman–Crippen LogP) is 5.81. The number of phenolic OH excluding ortho intramolecular Hbond substituents is 1. The Morgan fingerprint density at radius 3 is 2.27 bits per heavy atom. The number of allylic oxidation sites excluding steroid dienone is 4. The molecule has 1 aliphatic heterocycles. The molecule has 204 valence electrons. The number of fused-ring (bicyclic) bond motifs is 1. The van der Waals surface area contributed by atoms with Crippen molar-refractivity contribution in [3.05, 3.63) is 114 Å². The maximum absolute atomic E-state index is 14.5.